The zero-order valence-corrected chi connectivity index (χ0v) is 24.6. The van der Waals surface area contributed by atoms with Crippen molar-refractivity contribution < 1.29 is 23.9 Å². The molecule has 0 radical (unpaired) electrons. The molecular weight excluding hydrogens is 566 g/mol. The number of carbonyl (C=O) groups is 3. The van der Waals surface area contributed by atoms with Gasteiger partial charge in [-0.1, -0.05) is 49.0 Å². The molecule has 2 N–H and O–H groups in total. The number of amidine groups is 2. The summed E-state index contributed by atoms with van der Waals surface area (Å²) in [7, 11) is 0. The minimum absolute atomic E-state index is 0.128. The first-order valence-corrected chi connectivity index (χ1v) is 15.1. The third-order valence-corrected chi connectivity index (χ3v) is 8.63. The lowest BCUT2D eigenvalue weighted by Gasteiger charge is -2.27. The van der Waals surface area contributed by atoms with Gasteiger partial charge >= 0.3 is 0 Å². The number of fused-ring (bicyclic) bond motifs is 4. The van der Waals surface area contributed by atoms with E-state index in [-0.39, 0.29) is 37.4 Å². The fourth-order valence-corrected chi connectivity index (χ4v) is 6.09. The Labute approximate surface area is 253 Å². The van der Waals surface area contributed by atoms with Gasteiger partial charge in [0.25, 0.3) is 5.91 Å². The molecule has 3 aliphatic rings. The van der Waals surface area contributed by atoms with Gasteiger partial charge in [0, 0.05) is 24.2 Å². The molecule has 3 amide bonds. The van der Waals surface area contributed by atoms with E-state index < -0.39 is 11.3 Å². The van der Waals surface area contributed by atoms with E-state index in [1.54, 1.807) is 0 Å². The Bertz CT molecular complexity index is 1650. The van der Waals surface area contributed by atoms with Crippen molar-refractivity contribution in [1.82, 2.24) is 10.2 Å². The number of hydrogen-bond donors (Lipinski definition) is 2. The number of anilines is 1. The first-order valence-electron chi connectivity index (χ1n) is 14.2. The Kier molecular flexibility index (Phi) is 8.15. The van der Waals surface area contributed by atoms with Crippen LogP contribution in [0.4, 0.5) is 11.4 Å². The summed E-state index contributed by atoms with van der Waals surface area (Å²) in [5.41, 5.74) is 4.08. The Hall–Kier alpha value is -4.64. The lowest BCUT2D eigenvalue weighted by molar-refractivity contribution is -0.125. The van der Waals surface area contributed by atoms with Crippen molar-refractivity contribution >= 4 is 51.9 Å². The zero-order chi connectivity index (χ0) is 29.9. The summed E-state index contributed by atoms with van der Waals surface area (Å²) in [6, 6.07) is 19.9. The van der Waals surface area contributed by atoms with Crippen molar-refractivity contribution in [2.45, 2.75) is 50.9 Å². The van der Waals surface area contributed by atoms with Gasteiger partial charge in [0.2, 0.25) is 18.6 Å². The maximum atomic E-state index is 13.7. The number of ether oxygens (including phenoxy) is 2. The van der Waals surface area contributed by atoms with Crippen LogP contribution in [0.5, 0.6) is 11.5 Å². The maximum Gasteiger partial charge on any atom is 0.259 e. The van der Waals surface area contributed by atoms with Crippen molar-refractivity contribution in [3.8, 4) is 11.5 Å². The molecule has 0 fully saturated rings. The smallest absolute Gasteiger partial charge is 0.259 e. The average molecular weight is 598 g/mol. The highest BCUT2D eigenvalue weighted by Crippen LogP contribution is 2.36. The summed E-state index contributed by atoms with van der Waals surface area (Å²) in [6.07, 6.45) is 0.907. The minimum atomic E-state index is -0.732. The zero-order valence-electron chi connectivity index (χ0n) is 23.8. The van der Waals surface area contributed by atoms with Gasteiger partial charge in [0.05, 0.1) is 10.9 Å². The van der Waals surface area contributed by atoms with Crippen molar-refractivity contribution in [2.24, 2.45) is 9.98 Å². The van der Waals surface area contributed by atoms with Gasteiger partial charge in [-0.3, -0.25) is 19.4 Å². The highest BCUT2D eigenvalue weighted by molar-refractivity contribution is 8.15. The molecule has 3 aliphatic heterocycles. The predicted molar refractivity (Wildman–Crippen MR) is 166 cm³/mol. The maximum absolute atomic E-state index is 13.7. The molecule has 6 rings (SSSR count). The topological polar surface area (TPSA) is 122 Å². The molecular formula is C32H31N5O5S. The van der Waals surface area contributed by atoms with E-state index >= 15 is 0 Å². The third kappa shape index (κ3) is 6.12. The molecule has 220 valence electrons. The van der Waals surface area contributed by atoms with E-state index in [1.807, 2.05) is 80.6 Å². The summed E-state index contributed by atoms with van der Waals surface area (Å²) < 4.78 is 10.7. The standard InChI is InChI=1S/C32H31N5O5S/c1-3-27(30(39)34-21-8-6-7-19(2)15-21)43-32-36-23-10-5-4-9-22(23)29-35-24(31(40)37(29)32)12-14-28(38)33-17-20-11-13-25-26(16-20)42-18-41-25/h4-11,13,15-16,24,27H,3,12,14,17-18H2,1-2H3,(H,33,38)(H,34,39)/t24-,27+/m1/s1. The van der Waals surface area contributed by atoms with Crippen LogP contribution >= 0.6 is 11.8 Å². The second kappa shape index (κ2) is 12.3. The average Bonchev–Trinajstić information content (AvgIpc) is 3.61. The number of hydrogen-bond acceptors (Lipinski definition) is 8. The van der Waals surface area contributed by atoms with E-state index in [9.17, 15) is 14.4 Å². The molecule has 0 spiro atoms. The molecule has 0 saturated heterocycles. The number of benzene rings is 3. The van der Waals surface area contributed by atoms with Crippen LogP contribution in [0.15, 0.2) is 76.7 Å². The van der Waals surface area contributed by atoms with Crippen LogP contribution in [-0.4, -0.2) is 51.7 Å². The quantitative estimate of drug-likeness (QED) is 0.361. The molecule has 0 bridgehead atoms. The number of nitrogens with one attached hydrogen (secondary N) is 2. The van der Waals surface area contributed by atoms with Gasteiger partial charge in [0.1, 0.15) is 11.9 Å². The molecule has 11 heteroatoms. The molecule has 10 nitrogen and oxygen atoms in total. The van der Waals surface area contributed by atoms with Gasteiger partial charge < -0.3 is 20.1 Å². The first-order chi connectivity index (χ1) is 20.9. The number of rotatable bonds is 9. The molecule has 3 aromatic carbocycles. The van der Waals surface area contributed by atoms with Gasteiger partial charge in [-0.2, -0.15) is 0 Å². The lowest BCUT2D eigenvalue weighted by atomic mass is 10.1. The lowest BCUT2D eigenvalue weighted by Crippen LogP contribution is -2.42. The van der Waals surface area contributed by atoms with Gasteiger partial charge in [-0.15, -0.1) is 0 Å². The van der Waals surface area contributed by atoms with E-state index in [2.05, 4.69) is 10.6 Å². The van der Waals surface area contributed by atoms with E-state index in [0.717, 1.165) is 22.4 Å². The number of aliphatic imine (C=N–C) groups is 2. The van der Waals surface area contributed by atoms with Gasteiger partial charge in [0.15, 0.2) is 16.7 Å². The Morgan fingerprint density at radius 3 is 2.74 bits per heavy atom. The van der Waals surface area contributed by atoms with E-state index in [0.29, 0.717) is 41.2 Å². The summed E-state index contributed by atoms with van der Waals surface area (Å²) >= 11 is 1.25. The number of amides is 3. The number of carbonyl (C=O) groups excluding carboxylic acids is 3. The largest absolute Gasteiger partial charge is 0.454 e. The van der Waals surface area contributed by atoms with Crippen molar-refractivity contribution in [2.75, 3.05) is 12.1 Å². The van der Waals surface area contributed by atoms with Crippen LogP contribution in [0, 0.1) is 6.92 Å². The third-order valence-electron chi connectivity index (χ3n) is 7.32. The number of para-hydroxylation sites is 1. The Balaban J connectivity index is 1.13. The number of nitrogens with zero attached hydrogens (tertiary/aromatic N) is 3. The van der Waals surface area contributed by atoms with E-state index in [4.69, 9.17) is 19.5 Å². The monoisotopic (exact) mass is 597 g/mol. The molecule has 2 atom stereocenters. The molecule has 43 heavy (non-hydrogen) atoms. The second-order valence-electron chi connectivity index (χ2n) is 10.4. The molecule has 3 aromatic rings. The second-order valence-corrected chi connectivity index (χ2v) is 11.6. The number of thioether (sulfide) groups is 1. The summed E-state index contributed by atoms with van der Waals surface area (Å²) in [5, 5.41) is 5.81. The fraction of sp³-hybridized carbons (Fsp3) is 0.281. The molecule has 0 unspecified atom stereocenters. The molecule has 0 saturated carbocycles. The van der Waals surface area contributed by atoms with Crippen LogP contribution < -0.4 is 20.1 Å². The van der Waals surface area contributed by atoms with E-state index in [1.165, 1.54) is 16.7 Å². The summed E-state index contributed by atoms with van der Waals surface area (Å²) in [6.45, 7) is 4.42. The Morgan fingerprint density at radius 1 is 1.07 bits per heavy atom. The molecule has 3 heterocycles. The van der Waals surface area contributed by atoms with Crippen molar-refractivity contribution in [3.05, 3.63) is 83.4 Å². The minimum Gasteiger partial charge on any atom is -0.454 e. The van der Waals surface area contributed by atoms with Crippen molar-refractivity contribution in [1.29, 1.82) is 0 Å². The fourth-order valence-electron chi connectivity index (χ4n) is 5.07. The number of aryl methyl sites for hydroxylation is 1. The predicted octanol–water partition coefficient (Wildman–Crippen LogP) is 4.93. The SMILES string of the molecule is CC[C@H](SC1=Nc2ccccc2C2=N[C@H](CCC(=O)NCc3ccc4c(c3)OCO4)C(=O)N12)C(=O)Nc1cccc(C)c1. The van der Waals surface area contributed by atoms with Crippen LogP contribution in [0.1, 0.15) is 42.9 Å². The van der Waals surface area contributed by atoms with Crippen molar-refractivity contribution in [3.63, 3.8) is 0 Å². The van der Waals surface area contributed by atoms with Crippen LogP contribution in [0.2, 0.25) is 0 Å². The van der Waals surface area contributed by atoms with Gasteiger partial charge in [-0.25, -0.2) is 9.89 Å². The van der Waals surface area contributed by atoms with Crippen LogP contribution in [-0.2, 0) is 20.9 Å². The summed E-state index contributed by atoms with van der Waals surface area (Å²) in [4.78, 5) is 50.7. The highest BCUT2D eigenvalue weighted by Gasteiger charge is 2.42. The first kappa shape index (κ1) is 28.5. The van der Waals surface area contributed by atoms with Crippen LogP contribution in [0.3, 0.4) is 0 Å². The highest BCUT2D eigenvalue weighted by atomic mass is 32.2. The van der Waals surface area contributed by atoms with Crippen LogP contribution in [0.25, 0.3) is 0 Å². The normalized spacial score (nSPS) is 17.0. The van der Waals surface area contributed by atoms with Gasteiger partial charge in [-0.05, 0) is 67.3 Å². The molecule has 0 aliphatic carbocycles. The summed E-state index contributed by atoms with van der Waals surface area (Å²) in [5.74, 6) is 1.24. The Morgan fingerprint density at radius 2 is 1.91 bits per heavy atom. The molecule has 0 aromatic heterocycles.